The molecule has 214 valence electrons. The Hall–Kier alpha value is -2.50. The molecule has 0 radical (unpaired) electrons. The zero-order chi connectivity index (χ0) is 28.3. The maximum absolute atomic E-state index is 13.8. The predicted molar refractivity (Wildman–Crippen MR) is 157 cm³/mol. The topological polar surface area (TPSA) is 119 Å². The van der Waals surface area contributed by atoms with Crippen LogP contribution < -0.4 is 11.1 Å². The van der Waals surface area contributed by atoms with E-state index in [1.165, 1.54) is 34.2 Å². The monoisotopic (exact) mass is 603 g/mol. The van der Waals surface area contributed by atoms with E-state index in [0.29, 0.717) is 27.8 Å². The van der Waals surface area contributed by atoms with Gasteiger partial charge in [-0.2, -0.15) is 4.31 Å². The van der Waals surface area contributed by atoms with E-state index in [4.69, 9.17) is 22.1 Å². The van der Waals surface area contributed by atoms with Gasteiger partial charge in [-0.3, -0.25) is 9.59 Å². The summed E-state index contributed by atoms with van der Waals surface area (Å²) in [5.41, 5.74) is 6.50. The van der Waals surface area contributed by atoms with Gasteiger partial charge in [0.25, 0.3) is 5.91 Å². The van der Waals surface area contributed by atoms with E-state index in [1.807, 2.05) is 24.3 Å². The molecular weight excluding hydrogens is 570 g/mol. The highest BCUT2D eigenvalue weighted by molar-refractivity contribution is 7.89. The Labute approximate surface area is 243 Å². The summed E-state index contributed by atoms with van der Waals surface area (Å²) in [5.74, 6) is -0.886. The zero-order valence-corrected chi connectivity index (χ0v) is 24.6. The highest BCUT2D eigenvalue weighted by Gasteiger charge is 2.34. The molecule has 1 aliphatic carbocycles. The Kier molecular flexibility index (Phi) is 9.11. The summed E-state index contributed by atoms with van der Waals surface area (Å²) in [5, 5.41) is 4.37. The third-order valence-corrected chi connectivity index (χ3v) is 11.2. The Morgan fingerprint density at radius 1 is 1.10 bits per heavy atom. The molecule has 8 nitrogen and oxygen atoms in total. The summed E-state index contributed by atoms with van der Waals surface area (Å²) in [4.78, 5) is 26.9. The van der Waals surface area contributed by atoms with Crippen molar-refractivity contribution >= 4 is 54.9 Å². The predicted octanol–water partition coefficient (Wildman–Crippen LogP) is 4.91. The van der Waals surface area contributed by atoms with Gasteiger partial charge in [0, 0.05) is 29.4 Å². The largest absolute Gasteiger partial charge is 0.374 e. The van der Waals surface area contributed by atoms with Crippen LogP contribution in [0.25, 0.3) is 10.1 Å². The third-order valence-electron chi connectivity index (χ3n) is 7.87. The molecule has 40 heavy (non-hydrogen) atoms. The molecular formula is C29H34ClN3O5S2. The Bertz CT molecular complexity index is 1470. The molecule has 3 N–H and O–H groups in total. The second-order valence-electron chi connectivity index (χ2n) is 10.6. The average molecular weight is 604 g/mol. The summed E-state index contributed by atoms with van der Waals surface area (Å²) in [6.45, 7) is 0.718. The van der Waals surface area contributed by atoms with E-state index in [9.17, 15) is 18.0 Å². The summed E-state index contributed by atoms with van der Waals surface area (Å²) < 4.78 is 34.5. The van der Waals surface area contributed by atoms with Crippen molar-refractivity contribution in [3.05, 3.63) is 64.0 Å². The minimum Gasteiger partial charge on any atom is -0.374 e. The fourth-order valence-corrected chi connectivity index (χ4v) is 8.53. The van der Waals surface area contributed by atoms with Crippen molar-refractivity contribution in [2.45, 2.75) is 55.4 Å². The molecule has 2 amide bonds. The minimum atomic E-state index is -3.73. The number of nitrogens with one attached hydrogen (secondary N) is 1. The van der Waals surface area contributed by atoms with E-state index in [1.54, 1.807) is 12.1 Å². The third kappa shape index (κ3) is 6.36. The summed E-state index contributed by atoms with van der Waals surface area (Å²) in [7, 11) is -3.73. The number of carbonyl (C=O) groups excluding carboxylic acids is 2. The number of halogens is 1. The molecule has 1 unspecified atom stereocenters. The number of sulfonamides is 1. The molecule has 1 aliphatic heterocycles. The number of nitrogens with two attached hydrogens (primary N) is 1. The van der Waals surface area contributed by atoms with Crippen molar-refractivity contribution in [2.75, 3.05) is 26.2 Å². The lowest BCUT2D eigenvalue weighted by atomic mass is 9.79. The van der Waals surface area contributed by atoms with Crippen LogP contribution in [0.1, 0.15) is 59.7 Å². The lowest BCUT2D eigenvalue weighted by Crippen LogP contribution is -2.50. The van der Waals surface area contributed by atoms with Crippen molar-refractivity contribution in [1.29, 1.82) is 0 Å². The molecule has 1 saturated carbocycles. The number of amides is 2. The second-order valence-corrected chi connectivity index (χ2v) is 14.0. The normalized spacial score (nSPS) is 19.9. The van der Waals surface area contributed by atoms with Crippen LogP contribution in [-0.4, -0.2) is 56.9 Å². The van der Waals surface area contributed by atoms with Gasteiger partial charge >= 0.3 is 0 Å². The molecule has 3 aromatic rings. The van der Waals surface area contributed by atoms with E-state index in [-0.39, 0.29) is 37.0 Å². The van der Waals surface area contributed by atoms with E-state index in [0.717, 1.165) is 35.8 Å². The number of carbonyl (C=O) groups is 2. The molecule has 2 fully saturated rings. The van der Waals surface area contributed by atoms with Crippen LogP contribution in [0.3, 0.4) is 0 Å². The van der Waals surface area contributed by atoms with Crippen LogP contribution in [-0.2, 0) is 19.6 Å². The van der Waals surface area contributed by atoms with Crippen molar-refractivity contribution in [3.63, 3.8) is 0 Å². The van der Waals surface area contributed by atoms with Gasteiger partial charge in [-0.25, -0.2) is 8.42 Å². The van der Waals surface area contributed by atoms with Gasteiger partial charge in [0.1, 0.15) is 0 Å². The molecule has 2 heterocycles. The first-order valence-electron chi connectivity index (χ1n) is 13.7. The number of fused-ring (bicyclic) bond motifs is 1. The van der Waals surface area contributed by atoms with E-state index in [2.05, 4.69) is 5.32 Å². The minimum absolute atomic E-state index is 0.118. The van der Waals surface area contributed by atoms with Crippen molar-refractivity contribution in [2.24, 2.45) is 11.7 Å². The first-order valence-corrected chi connectivity index (χ1v) is 16.3. The fraction of sp³-hybridized carbons (Fsp3) is 0.448. The van der Waals surface area contributed by atoms with Gasteiger partial charge in [0.2, 0.25) is 15.9 Å². The Morgan fingerprint density at radius 2 is 1.82 bits per heavy atom. The number of benzene rings is 2. The standard InChI is InChI=1S/C29H34ClN3O5S2/c30-20-10-12-22(13-11-20)40(36,37)33-14-15-38-21(18-33)17-32-29(35)24(16-19-6-2-1-3-7-19)26-23-8-4-5-9-25(23)39-27(26)28(31)34/h4-5,8-13,19,21,24H,1-3,6-7,14-18H2,(H2,31,34)(H,32,35)/t21?,24-/m0/s1. The SMILES string of the molecule is NC(=O)c1sc2ccccc2c1[C@H](CC1CCCCC1)C(=O)NCC1CN(S(=O)(=O)c2ccc(Cl)cc2)CCO1. The molecule has 1 aromatic heterocycles. The van der Waals surface area contributed by atoms with Crippen LogP contribution in [0.15, 0.2) is 53.4 Å². The first-order chi connectivity index (χ1) is 19.2. The van der Waals surface area contributed by atoms with Gasteiger partial charge in [-0.1, -0.05) is 61.9 Å². The van der Waals surface area contributed by atoms with Gasteiger partial charge in [-0.15, -0.1) is 11.3 Å². The van der Waals surface area contributed by atoms with Gasteiger partial charge in [-0.05, 0) is 53.6 Å². The highest BCUT2D eigenvalue weighted by Crippen LogP contribution is 2.41. The number of rotatable bonds is 9. The number of ether oxygens (including phenoxy) is 1. The highest BCUT2D eigenvalue weighted by atomic mass is 35.5. The van der Waals surface area contributed by atoms with Gasteiger partial charge in [0.15, 0.2) is 0 Å². The van der Waals surface area contributed by atoms with Crippen LogP contribution >= 0.6 is 22.9 Å². The molecule has 1 saturated heterocycles. The van der Waals surface area contributed by atoms with Crippen LogP contribution in [0.5, 0.6) is 0 Å². The molecule has 2 aliphatic rings. The molecule has 0 spiro atoms. The van der Waals surface area contributed by atoms with Gasteiger partial charge < -0.3 is 15.8 Å². The lowest BCUT2D eigenvalue weighted by molar-refractivity contribution is -0.124. The maximum Gasteiger partial charge on any atom is 0.259 e. The number of hydrogen-bond donors (Lipinski definition) is 2. The maximum atomic E-state index is 13.8. The zero-order valence-electron chi connectivity index (χ0n) is 22.2. The number of morpholine rings is 1. The van der Waals surface area contributed by atoms with Crippen LogP contribution in [0, 0.1) is 5.92 Å². The molecule has 2 atom stereocenters. The van der Waals surface area contributed by atoms with Crippen molar-refractivity contribution in [1.82, 2.24) is 9.62 Å². The van der Waals surface area contributed by atoms with E-state index >= 15 is 0 Å². The van der Waals surface area contributed by atoms with Crippen LogP contribution in [0.4, 0.5) is 0 Å². The van der Waals surface area contributed by atoms with Crippen molar-refractivity contribution in [3.8, 4) is 0 Å². The number of hydrogen-bond acceptors (Lipinski definition) is 6. The lowest BCUT2D eigenvalue weighted by Gasteiger charge is -2.33. The van der Waals surface area contributed by atoms with Crippen LogP contribution in [0.2, 0.25) is 5.02 Å². The molecule has 5 rings (SSSR count). The summed E-state index contributed by atoms with van der Waals surface area (Å²) in [6.07, 6.45) is 5.72. The molecule has 11 heteroatoms. The van der Waals surface area contributed by atoms with E-state index < -0.39 is 28.0 Å². The quantitative estimate of drug-likeness (QED) is 0.360. The fourth-order valence-electron chi connectivity index (χ4n) is 5.83. The molecule has 0 bridgehead atoms. The average Bonchev–Trinajstić information content (AvgIpc) is 3.35. The molecule has 2 aromatic carbocycles. The number of primary amides is 1. The summed E-state index contributed by atoms with van der Waals surface area (Å²) >= 11 is 7.26. The Balaban J connectivity index is 1.34. The Morgan fingerprint density at radius 3 is 2.55 bits per heavy atom. The number of nitrogens with zero attached hydrogens (tertiary/aromatic N) is 1. The van der Waals surface area contributed by atoms with Crippen molar-refractivity contribution < 1.29 is 22.7 Å². The summed E-state index contributed by atoms with van der Waals surface area (Å²) in [6, 6.07) is 13.8. The first kappa shape index (κ1) is 29.0. The smallest absolute Gasteiger partial charge is 0.259 e. The number of thiophene rings is 1. The van der Waals surface area contributed by atoms with Gasteiger partial charge in [0.05, 0.1) is 28.4 Å². The second kappa shape index (κ2) is 12.6.